The van der Waals surface area contributed by atoms with Crippen LogP contribution in [-0.4, -0.2) is 23.0 Å². The predicted octanol–water partition coefficient (Wildman–Crippen LogP) is 2.70. The highest BCUT2D eigenvalue weighted by Crippen LogP contribution is 2.34. The van der Waals surface area contributed by atoms with Crippen molar-refractivity contribution in [3.05, 3.63) is 35.9 Å². The third-order valence-electron chi connectivity index (χ3n) is 3.42. The zero-order valence-corrected chi connectivity index (χ0v) is 10.9. The van der Waals surface area contributed by atoms with Gasteiger partial charge in [-0.1, -0.05) is 49.0 Å². The molecule has 1 aliphatic heterocycles. The first-order valence-electron chi connectivity index (χ1n) is 6.32. The van der Waals surface area contributed by atoms with Gasteiger partial charge in [-0.15, -0.1) is 0 Å². The average molecular weight is 246 g/mol. The molecule has 0 radical (unpaired) electrons. The maximum atomic E-state index is 4.73. The summed E-state index contributed by atoms with van der Waals surface area (Å²) in [6.07, 6.45) is 2.38. The van der Waals surface area contributed by atoms with Crippen LogP contribution in [0.5, 0.6) is 0 Å². The summed E-state index contributed by atoms with van der Waals surface area (Å²) in [5.74, 6) is 1.95. The van der Waals surface area contributed by atoms with Crippen molar-refractivity contribution in [2.24, 2.45) is 10.9 Å². The molecule has 2 nitrogen and oxygen atoms in total. The van der Waals surface area contributed by atoms with E-state index in [9.17, 15) is 0 Å². The van der Waals surface area contributed by atoms with E-state index in [1.54, 1.807) is 0 Å². The summed E-state index contributed by atoms with van der Waals surface area (Å²) in [5, 5.41) is 4.71. The fourth-order valence-electron chi connectivity index (χ4n) is 2.15. The Hall–Kier alpha value is -0.960. The van der Waals surface area contributed by atoms with Crippen LogP contribution in [0, 0.1) is 5.92 Å². The molecule has 3 rings (SSSR count). The molecule has 1 saturated heterocycles. The highest BCUT2D eigenvalue weighted by molar-refractivity contribution is 8.14. The molecule has 0 spiro atoms. The Morgan fingerprint density at radius 1 is 1.35 bits per heavy atom. The smallest absolute Gasteiger partial charge is 0.157 e. The maximum absolute atomic E-state index is 4.73. The standard InChI is InChI=1S/C14H18N2S/c1-10-7-13(10)16-14-15-12(9-17-14)8-11-5-3-2-4-6-11/h2-6,10,12-13H,7-9H2,1H3,(H,15,16). The highest BCUT2D eigenvalue weighted by atomic mass is 32.2. The highest BCUT2D eigenvalue weighted by Gasteiger charge is 2.33. The Bertz CT molecular complexity index is 415. The Kier molecular flexibility index (Phi) is 3.10. The lowest BCUT2D eigenvalue weighted by Gasteiger charge is -2.09. The van der Waals surface area contributed by atoms with Crippen LogP contribution in [0.3, 0.4) is 0 Å². The molecule has 3 unspecified atom stereocenters. The summed E-state index contributed by atoms with van der Waals surface area (Å²) < 4.78 is 0. The zero-order valence-electron chi connectivity index (χ0n) is 10.1. The van der Waals surface area contributed by atoms with Gasteiger partial charge in [0.15, 0.2) is 5.17 Å². The first-order valence-corrected chi connectivity index (χ1v) is 7.31. The molecule has 3 heteroatoms. The summed E-state index contributed by atoms with van der Waals surface area (Å²) in [6.45, 7) is 2.27. The molecule has 1 aromatic carbocycles. The first-order chi connectivity index (χ1) is 8.31. The minimum absolute atomic E-state index is 0.551. The van der Waals surface area contributed by atoms with Gasteiger partial charge in [-0.3, -0.25) is 4.99 Å². The second-order valence-corrected chi connectivity index (χ2v) is 6.07. The molecule has 2 fully saturated rings. The largest absolute Gasteiger partial charge is 0.361 e. The normalized spacial score (nSPS) is 33.7. The van der Waals surface area contributed by atoms with Crippen LogP contribution >= 0.6 is 11.8 Å². The van der Waals surface area contributed by atoms with Crippen molar-refractivity contribution in [3.63, 3.8) is 0 Å². The van der Waals surface area contributed by atoms with Crippen molar-refractivity contribution in [2.45, 2.75) is 31.8 Å². The predicted molar refractivity (Wildman–Crippen MR) is 74.5 cm³/mol. The first kappa shape index (κ1) is 11.1. The van der Waals surface area contributed by atoms with Crippen molar-refractivity contribution in [2.75, 3.05) is 5.75 Å². The number of amidine groups is 1. The fourth-order valence-corrected chi connectivity index (χ4v) is 3.17. The Morgan fingerprint density at radius 3 is 2.82 bits per heavy atom. The average Bonchev–Trinajstić information content (AvgIpc) is 2.85. The molecule has 1 aromatic rings. The molecule has 0 bridgehead atoms. The minimum Gasteiger partial charge on any atom is -0.361 e. The fraction of sp³-hybridized carbons (Fsp3) is 0.500. The summed E-state index contributed by atoms with van der Waals surface area (Å²) in [6, 6.07) is 11.8. The van der Waals surface area contributed by atoms with Gasteiger partial charge in [0.05, 0.1) is 6.04 Å². The number of benzene rings is 1. The van der Waals surface area contributed by atoms with Gasteiger partial charge in [0.25, 0.3) is 0 Å². The number of aliphatic imine (C=N–C) groups is 1. The molecule has 2 aliphatic rings. The van der Waals surface area contributed by atoms with Gasteiger partial charge in [-0.25, -0.2) is 0 Å². The molecule has 0 amide bonds. The Balaban J connectivity index is 1.56. The van der Waals surface area contributed by atoms with Crippen molar-refractivity contribution in [3.8, 4) is 0 Å². The number of nitrogens with zero attached hydrogens (tertiary/aromatic N) is 1. The van der Waals surface area contributed by atoms with Crippen LogP contribution in [0.4, 0.5) is 0 Å². The van der Waals surface area contributed by atoms with E-state index in [1.807, 2.05) is 11.8 Å². The van der Waals surface area contributed by atoms with E-state index < -0.39 is 0 Å². The minimum atomic E-state index is 0.551. The Labute approximate surface area is 107 Å². The van der Waals surface area contributed by atoms with Crippen LogP contribution in [0.25, 0.3) is 0 Å². The number of hydrogen-bond donors (Lipinski definition) is 1. The molecule has 90 valence electrons. The summed E-state index contributed by atoms with van der Waals surface area (Å²) in [5.41, 5.74) is 1.41. The van der Waals surface area contributed by atoms with E-state index in [0.717, 1.165) is 18.1 Å². The van der Waals surface area contributed by atoms with E-state index in [4.69, 9.17) is 4.99 Å². The Morgan fingerprint density at radius 2 is 2.12 bits per heavy atom. The van der Waals surface area contributed by atoms with Gasteiger partial charge in [0.1, 0.15) is 0 Å². The van der Waals surface area contributed by atoms with E-state index in [1.165, 1.54) is 17.2 Å². The zero-order chi connectivity index (χ0) is 11.7. The summed E-state index contributed by atoms with van der Waals surface area (Å²) in [4.78, 5) is 4.73. The second kappa shape index (κ2) is 4.73. The molecule has 17 heavy (non-hydrogen) atoms. The van der Waals surface area contributed by atoms with E-state index in [2.05, 4.69) is 42.6 Å². The lowest BCUT2D eigenvalue weighted by molar-refractivity contribution is 0.685. The van der Waals surface area contributed by atoms with Gasteiger partial charge in [0.2, 0.25) is 0 Å². The van der Waals surface area contributed by atoms with Gasteiger partial charge >= 0.3 is 0 Å². The van der Waals surface area contributed by atoms with Crippen molar-refractivity contribution in [1.29, 1.82) is 0 Å². The van der Waals surface area contributed by atoms with Gasteiger partial charge in [0, 0.05) is 11.8 Å². The maximum Gasteiger partial charge on any atom is 0.157 e. The molecule has 1 heterocycles. The molecule has 3 atom stereocenters. The van der Waals surface area contributed by atoms with Crippen molar-refractivity contribution >= 4 is 16.9 Å². The quantitative estimate of drug-likeness (QED) is 0.887. The topological polar surface area (TPSA) is 24.4 Å². The molecule has 1 N–H and O–H groups in total. The van der Waals surface area contributed by atoms with Crippen LogP contribution in [0.1, 0.15) is 18.9 Å². The molecular weight excluding hydrogens is 228 g/mol. The van der Waals surface area contributed by atoms with Crippen molar-refractivity contribution < 1.29 is 0 Å². The second-order valence-electron chi connectivity index (χ2n) is 5.06. The lowest BCUT2D eigenvalue weighted by Crippen LogP contribution is -2.29. The molecular formula is C14H18N2S. The van der Waals surface area contributed by atoms with Gasteiger partial charge < -0.3 is 5.32 Å². The third kappa shape index (κ3) is 2.83. The number of rotatable bonds is 3. The van der Waals surface area contributed by atoms with Gasteiger partial charge in [-0.05, 0) is 24.3 Å². The van der Waals surface area contributed by atoms with Crippen LogP contribution in [0.2, 0.25) is 0 Å². The number of thioether (sulfide) groups is 1. The van der Waals surface area contributed by atoms with E-state index in [0.29, 0.717) is 12.1 Å². The SMILES string of the molecule is CC1CC1N=C1NC(Cc2ccccc2)CS1. The van der Waals surface area contributed by atoms with E-state index >= 15 is 0 Å². The third-order valence-corrected chi connectivity index (χ3v) is 4.49. The number of nitrogens with one attached hydrogen (secondary N) is 1. The summed E-state index contributed by atoms with van der Waals surface area (Å²) in [7, 11) is 0. The summed E-state index contributed by atoms with van der Waals surface area (Å²) >= 11 is 1.88. The molecule has 1 saturated carbocycles. The van der Waals surface area contributed by atoms with E-state index in [-0.39, 0.29) is 0 Å². The van der Waals surface area contributed by atoms with Crippen LogP contribution < -0.4 is 5.32 Å². The van der Waals surface area contributed by atoms with Gasteiger partial charge in [-0.2, -0.15) is 0 Å². The molecule has 1 aliphatic carbocycles. The number of hydrogen-bond acceptors (Lipinski definition) is 2. The monoisotopic (exact) mass is 246 g/mol. The van der Waals surface area contributed by atoms with Crippen LogP contribution in [-0.2, 0) is 6.42 Å². The molecule has 0 aromatic heterocycles. The van der Waals surface area contributed by atoms with Crippen molar-refractivity contribution in [1.82, 2.24) is 5.32 Å². The lowest BCUT2D eigenvalue weighted by atomic mass is 10.1. The van der Waals surface area contributed by atoms with Crippen LogP contribution in [0.15, 0.2) is 35.3 Å².